The van der Waals surface area contributed by atoms with Crippen LogP contribution in [0.15, 0.2) is 48.5 Å². The number of amides is 1. The Bertz CT molecular complexity index is 758. The zero-order chi connectivity index (χ0) is 17.4. The molecule has 0 bridgehead atoms. The van der Waals surface area contributed by atoms with Gasteiger partial charge in [0.05, 0.1) is 19.3 Å². The standard InChI is InChI=1S/C19H19NO5/c21-14-7-5-12(6-8-14)11-1-3-13(4-2-11)19(23)20-15-9-24-18-16(22)10-25-17(15)18/h1-8,15-18,21-22H,9-10H2,(H,20,23)/t15-,16+,17+,18+/m0/s1. The number of aliphatic hydroxyl groups is 1. The van der Waals surface area contributed by atoms with E-state index < -0.39 is 6.10 Å². The van der Waals surface area contributed by atoms with Crippen molar-refractivity contribution in [3.63, 3.8) is 0 Å². The van der Waals surface area contributed by atoms with E-state index in [0.29, 0.717) is 12.2 Å². The van der Waals surface area contributed by atoms with Gasteiger partial charge in [0.1, 0.15) is 24.1 Å². The van der Waals surface area contributed by atoms with Crippen LogP contribution in [-0.4, -0.2) is 53.7 Å². The Morgan fingerprint density at radius 1 is 0.920 bits per heavy atom. The number of nitrogens with one attached hydrogen (secondary N) is 1. The third-order valence-corrected chi connectivity index (χ3v) is 4.69. The maximum Gasteiger partial charge on any atom is 0.251 e. The second-order valence-electron chi connectivity index (χ2n) is 6.37. The Balaban J connectivity index is 1.43. The van der Waals surface area contributed by atoms with E-state index in [4.69, 9.17) is 9.47 Å². The van der Waals surface area contributed by atoms with Gasteiger partial charge in [-0.3, -0.25) is 4.79 Å². The number of rotatable bonds is 3. The molecule has 2 aliphatic heterocycles. The molecule has 3 N–H and O–H groups in total. The molecule has 6 heteroatoms. The minimum atomic E-state index is -0.628. The second kappa shape index (κ2) is 6.48. The molecule has 0 spiro atoms. The van der Waals surface area contributed by atoms with Gasteiger partial charge < -0.3 is 25.0 Å². The average Bonchev–Trinajstić information content (AvgIpc) is 3.19. The number of phenolic OH excluding ortho intramolecular Hbond substituents is 1. The van der Waals surface area contributed by atoms with E-state index in [1.165, 1.54) is 0 Å². The molecule has 2 saturated heterocycles. The predicted octanol–water partition coefficient (Wildman–Crippen LogP) is 1.32. The molecular weight excluding hydrogens is 322 g/mol. The van der Waals surface area contributed by atoms with Gasteiger partial charge in [0.15, 0.2) is 0 Å². The molecule has 4 rings (SSSR count). The average molecular weight is 341 g/mol. The first kappa shape index (κ1) is 16.1. The third kappa shape index (κ3) is 3.11. The molecule has 25 heavy (non-hydrogen) atoms. The van der Waals surface area contributed by atoms with Gasteiger partial charge in [0, 0.05) is 5.56 Å². The van der Waals surface area contributed by atoms with Crippen LogP contribution in [0.1, 0.15) is 10.4 Å². The summed E-state index contributed by atoms with van der Waals surface area (Å²) >= 11 is 0. The van der Waals surface area contributed by atoms with Gasteiger partial charge in [-0.05, 0) is 35.4 Å². The van der Waals surface area contributed by atoms with Gasteiger partial charge in [0.25, 0.3) is 5.91 Å². The minimum Gasteiger partial charge on any atom is -0.508 e. The van der Waals surface area contributed by atoms with Crippen LogP contribution in [0.5, 0.6) is 5.75 Å². The number of hydrogen-bond acceptors (Lipinski definition) is 5. The highest BCUT2D eigenvalue weighted by Gasteiger charge is 2.47. The molecule has 0 radical (unpaired) electrons. The van der Waals surface area contributed by atoms with Crippen molar-refractivity contribution >= 4 is 5.91 Å². The summed E-state index contributed by atoms with van der Waals surface area (Å²) in [5, 5.41) is 22.0. The van der Waals surface area contributed by atoms with Gasteiger partial charge in [-0.15, -0.1) is 0 Å². The second-order valence-corrected chi connectivity index (χ2v) is 6.37. The van der Waals surface area contributed by atoms with Crippen LogP contribution in [0.4, 0.5) is 0 Å². The van der Waals surface area contributed by atoms with E-state index in [1.807, 2.05) is 24.3 Å². The van der Waals surface area contributed by atoms with Crippen molar-refractivity contribution in [3.8, 4) is 16.9 Å². The van der Waals surface area contributed by atoms with Gasteiger partial charge >= 0.3 is 0 Å². The van der Waals surface area contributed by atoms with Crippen LogP contribution in [0.2, 0.25) is 0 Å². The summed E-state index contributed by atoms with van der Waals surface area (Å²) in [7, 11) is 0. The number of benzene rings is 2. The predicted molar refractivity (Wildman–Crippen MR) is 90.3 cm³/mol. The zero-order valence-electron chi connectivity index (χ0n) is 13.5. The van der Waals surface area contributed by atoms with Gasteiger partial charge in [-0.1, -0.05) is 24.3 Å². The smallest absolute Gasteiger partial charge is 0.251 e. The number of hydrogen-bond donors (Lipinski definition) is 3. The molecule has 2 heterocycles. The Hall–Kier alpha value is -2.41. The Kier molecular flexibility index (Phi) is 4.17. The van der Waals surface area contributed by atoms with Crippen molar-refractivity contribution in [1.29, 1.82) is 0 Å². The highest BCUT2D eigenvalue weighted by Crippen LogP contribution is 2.27. The molecule has 4 atom stereocenters. The molecule has 2 aromatic rings. The van der Waals surface area contributed by atoms with Gasteiger partial charge in [-0.2, -0.15) is 0 Å². The zero-order valence-corrected chi connectivity index (χ0v) is 13.5. The van der Waals surface area contributed by atoms with Gasteiger partial charge in [0.2, 0.25) is 0 Å². The Morgan fingerprint density at radius 3 is 2.20 bits per heavy atom. The first-order valence-corrected chi connectivity index (χ1v) is 8.23. The largest absolute Gasteiger partial charge is 0.508 e. The fourth-order valence-corrected chi connectivity index (χ4v) is 3.32. The summed E-state index contributed by atoms with van der Waals surface area (Å²) in [5.41, 5.74) is 2.47. The van der Waals surface area contributed by atoms with E-state index in [-0.39, 0.29) is 36.5 Å². The van der Waals surface area contributed by atoms with Crippen LogP contribution >= 0.6 is 0 Å². The number of fused-ring (bicyclic) bond motifs is 1. The van der Waals surface area contributed by atoms with Crippen molar-refractivity contribution in [1.82, 2.24) is 5.32 Å². The normalized spacial score (nSPS) is 27.9. The maximum atomic E-state index is 12.4. The third-order valence-electron chi connectivity index (χ3n) is 4.69. The van der Waals surface area contributed by atoms with Crippen molar-refractivity contribution in [3.05, 3.63) is 54.1 Å². The van der Waals surface area contributed by atoms with Crippen LogP contribution < -0.4 is 5.32 Å². The van der Waals surface area contributed by atoms with E-state index in [1.54, 1.807) is 24.3 Å². The number of carbonyl (C=O) groups is 1. The first-order valence-electron chi connectivity index (χ1n) is 8.23. The van der Waals surface area contributed by atoms with Crippen molar-refractivity contribution in [2.75, 3.05) is 13.2 Å². The van der Waals surface area contributed by atoms with E-state index in [0.717, 1.165) is 11.1 Å². The van der Waals surface area contributed by atoms with Crippen molar-refractivity contribution < 1.29 is 24.5 Å². The highest BCUT2D eigenvalue weighted by atomic mass is 16.6. The number of carbonyl (C=O) groups excluding carboxylic acids is 1. The molecule has 2 fully saturated rings. The monoisotopic (exact) mass is 341 g/mol. The van der Waals surface area contributed by atoms with Crippen LogP contribution in [-0.2, 0) is 9.47 Å². The molecule has 0 saturated carbocycles. The maximum absolute atomic E-state index is 12.4. The SMILES string of the molecule is O=C(N[C@H]1CO[C@H]2[C@@H]1OC[C@H]2O)c1ccc(-c2ccc(O)cc2)cc1. The lowest BCUT2D eigenvalue weighted by Gasteiger charge is -2.17. The summed E-state index contributed by atoms with van der Waals surface area (Å²) in [6, 6.07) is 13.9. The lowest BCUT2D eigenvalue weighted by molar-refractivity contribution is 0.0178. The Morgan fingerprint density at radius 2 is 1.52 bits per heavy atom. The van der Waals surface area contributed by atoms with E-state index >= 15 is 0 Å². The van der Waals surface area contributed by atoms with Crippen LogP contribution in [0.25, 0.3) is 11.1 Å². The molecule has 0 unspecified atom stereocenters. The molecule has 0 aliphatic carbocycles. The molecule has 6 nitrogen and oxygen atoms in total. The summed E-state index contributed by atoms with van der Waals surface area (Å²) in [6.07, 6.45) is -1.28. The fraction of sp³-hybridized carbons (Fsp3) is 0.316. The topological polar surface area (TPSA) is 88.0 Å². The minimum absolute atomic E-state index is 0.198. The van der Waals surface area contributed by atoms with E-state index in [2.05, 4.69) is 5.32 Å². The quantitative estimate of drug-likeness (QED) is 0.784. The molecule has 1 amide bonds. The Labute approximate surface area is 145 Å². The highest BCUT2D eigenvalue weighted by molar-refractivity contribution is 5.95. The summed E-state index contributed by atoms with van der Waals surface area (Å²) in [4.78, 5) is 12.4. The number of phenols is 1. The molecule has 2 aliphatic rings. The summed E-state index contributed by atoms with van der Waals surface area (Å²) in [5.74, 6) is 0.0209. The van der Waals surface area contributed by atoms with Gasteiger partial charge in [-0.25, -0.2) is 0 Å². The van der Waals surface area contributed by atoms with E-state index in [9.17, 15) is 15.0 Å². The van der Waals surface area contributed by atoms with Crippen LogP contribution in [0, 0.1) is 0 Å². The molecule has 130 valence electrons. The summed E-state index contributed by atoms with van der Waals surface area (Å²) < 4.78 is 11.0. The van der Waals surface area contributed by atoms with Crippen LogP contribution in [0.3, 0.4) is 0 Å². The number of aliphatic hydroxyl groups excluding tert-OH is 1. The molecule has 2 aromatic carbocycles. The fourth-order valence-electron chi connectivity index (χ4n) is 3.32. The lowest BCUT2D eigenvalue weighted by Crippen LogP contribution is -2.44. The number of ether oxygens (including phenoxy) is 2. The molecule has 0 aromatic heterocycles. The first-order chi connectivity index (χ1) is 12.1. The number of aromatic hydroxyl groups is 1. The summed E-state index contributed by atoms with van der Waals surface area (Å²) in [6.45, 7) is 0.576. The molecular formula is C19H19NO5. The lowest BCUT2D eigenvalue weighted by atomic mass is 10.0. The van der Waals surface area contributed by atoms with Crippen molar-refractivity contribution in [2.24, 2.45) is 0 Å². The van der Waals surface area contributed by atoms with Crippen molar-refractivity contribution in [2.45, 2.75) is 24.4 Å².